The van der Waals surface area contributed by atoms with E-state index in [0.717, 1.165) is 0 Å². The van der Waals surface area contributed by atoms with Crippen LogP contribution in [0.1, 0.15) is 26.7 Å². The number of rotatable bonds is 7. The lowest BCUT2D eigenvalue weighted by molar-refractivity contribution is -0.385. The maximum atomic E-state index is 11.0. The van der Waals surface area contributed by atoms with E-state index in [0.29, 0.717) is 34.1 Å². The summed E-state index contributed by atoms with van der Waals surface area (Å²) in [6.45, 7) is 3.64. The Morgan fingerprint density at radius 1 is 1.38 bits per heavy atom. The van der Waals surface area contributed by atoms with Gasteiger partial charge in [0.1, 0.15) is 5.75 Å². The molecule has 0 heterocycles. The van der Waals surface area contributed by atoms with Gasteiger partial charge in [0, 0.05) is 12.1 Å². The molecule has 1 aromatic carbocycles. The number of nitro benzene ring substituents is 1. The van der Waals surface area contributed by atoms with Gasteiger partial charge in [-0.1, -0.05) is 0 Å². The molecule has 0 radical (unpaired) electrons. The topological polar surface area (TPSA) is 89.7 Å². The number of halogens is 2. The Bertz CT molecular complexity index is 536. The van der Waals surface area contributed by atoms with Gasteiger partial charge in [-0.2, -0.15) is 0 Å². The zero-order chi connectivity index (χ0) is 16.2. The standard InChI is InChI=1S/C13H15Br2NO5/c1-13(2,12(17)18)4-3-5-21-11-9(14)6-8(16(19)20)7-10(11)15/h6-7H,3-5H2,1-2H3,(H,17,18). The number of hydrogen-bond acceptors (Lipinski definition) is 4. The van der Waals surface area contributed by atoms with E-state index in [1.54, 1.807) is 13.8 Å². The molecule has 0 unspecified atom stereocenters. The number of benzene rings is 1. The Labute approximate surface area is 138 Å². The second-order valence-electron chi connectivity index (χ2n) is 5.14. The molecule has 0 fully saturated rings. The molecule has 0 spiro atoms. The number of non-ortho nitro benzene ring substituents is 1. The average molecular weight is 425 g/mol. The van der Waals surface area contributed by atoms with E-state index in [1.165, 1.54) is 12.1 Å². The molecule has 1 N–H and O–H groups in total. The first kappa shape index (κ1) is 17.9. The summed E-state index contributed by atoms with van der Waals surface area (Å²) in [5, 5.41) is 19.7. The van der Waals surface area contributed by atoms with Gasteiger partial charge in [0.05, 0.1) is 25.9 Å². The Morgan fingerprint density at radius 3 is 2.33 bits per heavy atom. The lowest BCUT2D eigenvalue weighted by atomic mass is 9.88. The summed E-state index contributed by atoms with van der Waals surface area (Å²) in [4.78, 5) is 21.2. The Hall–Kier alpha value is -1.15. The van der Waals surface area contributed by atoms with Crippen molar-refractivity contribution in [3.05, 3.63) is 31.2 Å². The average Bonchev–Trinajstić information content (AvgIpc) is 2.36. The van der Waals surface area contributed by atoms with Crippen LogP contribution in [0.2, 0.25) is 0 Å². The van der Waals surface area contributed by atoms with Crippen molar-refractivity contribution < 1.29 is 19.6 Å². The molecular formula is C13H15Br2NO5. The van der Waals surface area contributed by atoms with Gasteiger partial charge >= 0.3 is 5.97 Å². The summed E-state index contributed by atoms with van der Waals surface area (Å²) < 4.78 is 6.51. The van der Waals surface area contributed by atoms with Crippen LogP contribution in [0.5, 0.6) is 5.75 Å². The van der Waals surface area contributed by atoms with Crippen LogP contribution in [0.15, 0.2) is 21.1 Å². The van der Waals surface area contributed by atoms with Crippen molar-refractivity contribution in [3.8, 4) is 5.75 Å². The molecule has 0 atom stereocenters. The van der Waals surface area contributed by atoms with Crippen LogP contribution < -0.4 is 4.74 Å². The van der Waals surface area contributed by atoms with Crippen LogP contribution in [0.25, 0.3) is 0 Å². The number of aliphatic carboxylic acids is 1. The first-order valence-corrected chi connectivity index (χ1v) is 7.73. The highest BCUT2D eigenvalue weighted by atomic mass is 79.9. The smallest absolute Gasteiger partial charge is 0.309 e. The van der Waals surface area contributed by atoms with E-state index in [4.69, 9.17) is 9.84 Å². The van der Waals surface area contributed by atoms with Crippen LogP contribution in [-0.2, 0) is 4.79 Å². The molecule has 0 aromatic heterocycles. The molecule has 0 bridgehead atoms. The number of nitro groups is 1. The third-order valence-electron chi connectivity index (χ3n) is 2.97. The molecule has 1 rings (SSSR count). The molecule has 0 saturated heterocycles. The minimum absolute atomic E-state index is 0.0480. The van der Waals surface area contributed by atoms with Crippen molar-refractivity contribution in [1.29, 1.82) is 0 Å². The van der Waals surface area contributed by atoms with E-state index in [9.17, 15) is 14.9 Å². The van der Waals surface area contributed by atoms with Gasteiger partial charge in [-0.15, -0.1) is 0 Å². The van der Waals surface area contributed by atoms with Gasteiger partial charge in [-0.25, -0.2) is 0 Å². The number of carboxylic acid groups (broad SMARTS) is 1. The monoisotopic (exact) mass is 423 g/mol. The van der Waals surface area contributed by atoms with E-state index in [1.807, 2.05) is 0 Å². The zero-order valence-corrected chi connectivity index (χ0v) is 14.7. The molecule has 0 aliphatic heterocycles. The molecule has 0 aliphatic rings. The lowest BCUT2D eigenvalue weighted by Crippen LogP contribution is -2.24. The largest absolute Gasteiger partial charge is 0.491 e. The normalized spacial score (nSPS) is 11.2. The van der Waals surface area contributed by atoms with Crippen LogP contribution in [0, 0.1) is 15.5 Å². The zero-order valence-electron chi connectivity index (χ0n) is 11.6. The van der Waals surface area contributed by atoms with Crippen molar-refractivity contribution in [2.24, 2.45) is 5.41 Å². The fourth-order valence-electron chi connectivity index (χ4n) is 1.59. The van der Waals surface area contributed by atoms with Gasteiger partial charge in [0.15, 0.2) is 0 Å². The predicted octanol–water partition coefficient (Wildman–Crippen LogP) is 4.39. The summed E-state index contributed by atoms with van der Waals surface area (Å²) in [6, 6.07) is 2.72. The van der Waals surface area contributed by atoms with Crippen LogP contribution in [-0.4, -0.2) is 22.6 Å². The van der Waals surface area contributed by atoms with E-state index in [-0.39, 0.29) is 5.69 Å². The fourth-order valence-corrected chi connectivity index (χ4v) is 2.98. The molecule has 0 amide bonds. The van der Waals surface area contributed by atoms with Crippen molar-refractivity contribution in [3.63, 3.8) is 0 Å². The van der Waals surface area contributed by atoms with E-state index in [2.05, 4.69) is 31.9 Å². The Kier molecular flexibility index (Phi) is 6.15. The van der Waals surface area contributed by atoms with Crippen molar-refractivity contribution in [1.82, 2.24) is 0 Å². The second-order valence-corrected chi connectivity index (χ2v) is 6.85. The third-order valence-corrected chi connectivity index (χ3v) is 4.14. The molecule has 6 nitrogen and oxygen atoms in total. The molecule has 0 aliphatic carbocycles. The molecule has 1 aromatic rings. The number of carboxylic acids is 1. The number of ether oxygens (including phenoxy) is 1. The highest BCUT2D eigenvalue weighted by Gasteiger charge is 2.26. The summed E-state index contributed by atoms with van der Waals surface area (Å²) in [5.74, 6) is -0.381. The highest BCUT2D eigenvalue weighted by molar-refractivity contribution is 9.11. The maximum absolute atomic E-state index is 11.0. The second kappa shape index (κ2) is 7.22. The predicted molar refractivity (Wildman–Crippen MR) is 84.6 cm³/mol. The molecule has 8 heteroatoms. The molecule has 21 heavy (non-hydrogen) atoms. The van der Waals surface area contributed by atoms with Crippen LogP contribution >= 0.6 is 31.9 Å². The number of carbonyl (C=O) groups is 1. The summed E-state index contributed by atoms with van der Waals surface area (Å²) in [5.41, 5.74) is -0.846. The first-order chi connectivity index (χ1) is 9.65. The minimum Gasteiger partial charge on any atom is -0.491 e. The van der Waals surface area contributed by atoms with Gasteiger partial charge < -0.3 is 9.84 Å². The first-order valence-electron chi connectivity index (χ1n) is 6.15. The number of hydrogen-bond donors (Lipinski definition) is 1. The molecular weight excluding hydrogens is 410 g/mol. The quantitative estimate of drug-likeness (QED) is 0.398. The SMILES string of the molecule is CC(C)(CCCOc1c(Br)cc([N+](=O)[O-])cc1Br)C(=O)O. The summed E-state index contributed by atoms with van der Waals surface area (Å²) in [6.07, 6.45) is 1.04. The number of nitrogens with zero attached hydrogens (tertiary/aromatic N) is 1. The van der Waals surface area contributed by atoms with Crippen molar-refractivity contribution in [2.75, 3.05) is 6.61 Å². The van der Waals surface area contributed by atoms with Gasteiger partial charge in [-0.05, 0) is 58.5 Å². The molecule has 116 valence electrons. The van der Waals surface area contributed by atoms with Crippen molar-refractivity contribution >= 4 is 43.5 Å². The van der Waals surface area contributed by atoms with Gasteiger partial charge in [0.2, 0.25) is 0 Å². The van der Waals surface area contributed by atoms with Crippen LogP contribution in [0.4, 0.5) is 5.69 Å². The molecule has 0 saturated carbocycles. The third kappa shape index (κ3) is 4.96. The lowest BCUT2D eigenvalue weighted by Gasteiger charge is -2.19. The van der Waals surface area contributed by atoms with E-state index >= 15 is 0 Å². The van der Waals surface area contributed by atoms with Gasteiger partial charge in [0.25, 0.3) is 5.69 Å². The highest BCUT2D eigenvalue weighted by Crippen LogP contribution is 2.37. The Morgan fingerprint density at radius 2 is 1.90 bits per heavy atom. The van der Waals surface area contributed by atoms with Crippen LogP contribution in [0.3, 0.4) is 0 Å². The maximum Gasteiger partial charge on any atom is 0.309 e. The summed E-state index contributed by atoms with van der Waals surface area (Å²) in [7, 11) is 0. The minimum atomic E-state index is -0.847. The Balaban J connectivity index is 2.65. The van der Waals surface area contributed by atoms with Gasteiger partial charge in [-0.3, -0.25) is 14.9 Å². The van der Waals surface area contributed by atoms with Crippen molar-refractivity contribution in [2.45, 2.75) is 26.7 Å². The van der Waals surface area contributed by atoms with E-state index < -0.39 is 16.3 Å². The summed E-state index contributed by atoms with van der Waals surface area (Å²) >= 11 is 6.46. The fraction of sp³-hybridized carbons (Fsp3) is 0.462.